The lowest BCUT2D eigenvalue weighted by Gasteiger charge is -2.30. The number of nitrogens with zero attached hydrogens (tertiary/aromatic N) is 1. The first-order valence-corrected chi connectivity index (χ1v) is 11.5. The molecule has 28 heavy (non-hydrogen) atoms. The van der Waals surface area contributed by atoms with Crippen LogP contribution in [0.2, 0.25) is 0 Å². The molecule has 0 aromatic heterocycles. The van der Waals surface area contributed by atoms with E-state index in [1.54, 1.807) is 38.1 Å². The van der Waals surface area contributed by atoms with Gasteiger partial charge in [0.25, 0.3) is 0 Å². The first kappa shape index (κ1) is 19.2. The minimum Gasteiger partial charge on any atom is -0.289 e. The smallest absolute Gasteiger partial charge is 0.194 e. The van der Waals surface area contributed by atoms with E-state index in [-0.39, 0.29) is 0 Å². The first-order valence-electron chi connectivity index (χ1n) is 9.97. The maximum absolute atomic E-state index is 12.9. The van der Waals surface area contributed by atoms with Gasteiger partial charge < -0.3 is 0 Å². The third-order valence-electron chi connectivity index (χ3n) is 6.28. The molecule has 0 spiro atoms. The van der Waals surface area contributed by atoms with Crippen LogP contribution >= 0.6 is 0 Å². The Labute approximate surface area is 168 Å². The van der Waals surface area contributed by atoms with Crippen molar-refractivity contribution in [3.63, 3.8) is 0 Å². The monoisotopic (exact) mass is 393 g/mol. The van der Waals surface area contributed by atoms with Gasteiger partial charge in [0.15, 0.2) is 9.84 Å². The Morgan fingerprint density at radius 3 is 2.25 bits per heavy atom. The van der Waals surface area contributed by atoms with Crippen LogP contribution in [0.5, 0.6) is 0 Å². The number of fused-ring (bicyclic) bond motifs is 2. The Hall–Kier alpha value is -2.09. The molecule has 146 valence electrons. The molecule has 3 nitrogen and oxygen atoms in total. The van der Waals surface area contributed by atoms with Crippen molar-refractivity contribution in [2.24, 2.45) is 5.92 Å². The summed E-state index contributed by atoms with van der Waals surface area (Å²) in [5.41, 5.74) is 1.45. The quantitative estimate of drug-likeness (QED) is 0.734. The van der Waals surface area contributed by atoms with Gasteiger partial charge in [0.05, 0.1) is 11.4 Å². The zero-order chi connectivity index (χ0) is 19.8. The van der Waals surface area contributed by atoms with Crippen molar-refractivity contribution in [1.82, 2.24) is 4.90 Å². The van der Waals surface area contributed by atoms with Gasteiger partial charge in [-0.15, -0.1) is 0 Å². The Kier molecular flexibility index (Phi) is 5.07. The molecule has 0 radical (unpaired) electrons. The van der Waals surface area contributed by atoms with Gasteiger partial charge in [-0.3, -0.25) is 4.90 Å². The van der Waals surface area contributed by atoms with Crippen molar-refractivity contribution in [2.45, 2.75) is 48.3 Å². The number of hydrogen-bond acceptors (Lipinski definition) is 3. The zero-order valence-corrected chi connectivity index (χ0v) is 17.3. The summed E-state index contributed by atoms with van der Waals surface area (Å²) in [5, 5.41) is 0. The fourth-order valence-corrected chi connectivity index (χ4v) is 5.97. The lowest BCUT2D eigenvalue weighted by atomic mass is 9.87. The predicted molar refractivity (Wildman–Crippen MR) is 113 cm³/mol. The summed E-state index contributed by atoms with van der Waals surface area (Å²) < 4.78 is 24.7. The maximum Gasteiger partial charge on any atom is 0.194 e. The number of hydrogen-bond donors (Lipinski definition) is 0. The van der Waals surface area contributed by atoms with E-state index in [0.717, 1.165) is 6.54 Å². The predicted octanol–water partition coefficient (Wildman–Crippen LogP) is 4.12. The highest BCUT2D eigenvalue weighted by molar-refractivity contribution is 7.93. The average molecular weight is 394 g/mol. The van der Waals surface area contributed by atoms with Crippen molar-refractivity contribution in [3.8, 4) is 11.8 Å². The molecule has 1 aliphatic carbocycles. The molecule has 0 N–H and O–H groups in total. The van der Waals surface area contributed by atoms with E-state index < -0.39 is 14.6 Å². The van der Waals surface area contributed by atoms with E-state index in [1.807, 2.05) is 6.07 Å². The van der Waals surface area contributed by atoms with Crippen LogP contribution in [0.25, 0.3) is 0 Å². The van der Waals surface area contributed by atoms with E-state index in [4.69, 9.17) is 0 Å². The fraction of sp³-hybridized carbons (Fsp3) is 0.417. The lowest BCUT2D eigenvalue weighted by Crippen LogP contribution is -2.35. The van der Waals surface area contributed by atoms with Gasteiger partial charge in [-0.2, -0.15) is 0 Å². The number of sulfone groups is 1. The van der Waals surface area contributed by atoms with E-state index in [0.29, 0.717) is 29.3 Å². The minimum atomic E-state index is -3.48. The topological polar surface area (TPSA) is 37.4 Å². The van der Waals surface area contributed by atoms with Gasteiger partial charge in [-0.25, -0.2) is 8.42 Å². The highest BCUT2D eigenvalue weighted by atomic mass is 32.2. The second-order valence-corrected chi connectivity index (χ2v) is 11.0. The van der Waals surface area contributed by atoms with Crippen LogP contribution in [0.15, 0.2) is 65.6 Å². The molecular formula is C24H27NO2S. The van der Waals surface area contributed by atoms with Crippen molar-refractivity contribution in [3.05, 3.63) is 66.2 Å². The average Bonchev–Trinajstić information content (AvgIpc) is 3.30. The summed E-state index contributed by atoms with van der Waals surface area (Å²) in [5.74, 6) is 7.57. The van der Waals surface area contributed by atoms with Crippen LogP contribution in [-0.4, -0.2) is 37.2 Å². The van der Waals surface area contributed by atoms with Gasteiger partial charge in [-0.1, -0.05) is 60.4 Å². The van der Waals surface area contributed by atoms with E-state index in [1.165, 1.54) is 18.4 Å². The van der Waals surface area contributed by atoms with E-state index in [2.05, 4.69) is 47.1 Å². The molecule has 1 heterocycles. The van der Waals surface area contributed by atoms with E-state index >= 15 is 0 Å². The molecular weight excluding hydrogens is 366 g/mol. The summed E-state index contributed by atoms with van der Waals surface area (Å²) in [6.07, 6.45) is 2.41. The molecule has 4 heteroatoms. The van der Waals surface area contributed by atoms with Crippen LogP contribution in [-0.2, 0) is 9.84 Å². The summed E-state index contributed by atoms with van der Waals surface area (Å²) in [4.78, 5) is 2.77. The normalized spacial score (nSPS) is 24.7. The molecule has 3 atom stereocenters. The van der Waals surface area contributed by atoms with Crippen molar-refractivity contribution in [1.29, 1.82) is 0 Å². The van der Waals surface area contributed by atoms with Crippen molar-refractivity contribution < 1.29 is 8.42 Å². The molecule has 2 bridgehead atoms. The first-order chi connectivity index (χ1) is 13.4. The molecule has 2 aliphatic rings. The molecule has 0 amide bonds. The highest BCUT2D eigenvalue weighted by Gasteiger charge is 2.44. The third kappa shape index (κ3) is 3.50. The van der Waals surface area contributed by atoms with Crippen molar-refractivity contribution >= 4 is 9.84 Å². The maximum atomic E-state index is 12.9. The summed E-state index contributed by atoms with van der Waals surface area (Å²) in [7, 11) is -3.48. The molecule has 1 saturated carbocycles. The molecule has 1 aliphatic heterocycles. The fourth-order valence-electron chi connectivity index (χ4n) is 4.66. The Balaban J connectivity index is 1.41. The summed E-state index contributed by atoms with van der Waals surface area (Å²) in [6, 6.07) is 20.0. The van der Waals surface area contributed by atoms with Crippen LogP contribution in [0.4, 0.5) is 0 Å². The Morgan fingerprint density at radius 1 is 1.00 bits per heavy atom. The van der Waals surface area contributed by atoms with Gasteiger partial charge in [0, 0.05) is 12.6 Å². The SMILES string of the molecule is CC(C)(C#CCN1CC2CC1CC2c1ccccc1)S(=O)(=O)c1ccccc1. The largest absolute Gasteiger partial charge is 0.289 e. The highest BCUT2D eigenvalue weighted by Crippen LogP contribution is 2.47. The molecule has 1 saturated heterocycles. The van der Waals surface area contributed by atoms with Crippen LogP contribution in [0.3, 0.4) is 0 Å². The lowest BCUT2D eigenvalue weighted by molar-refractivity contribution is 0.223. The number of benzene rings is 2. The van der Waals surface area contributed by atoms with Crippen molar-refractivity contribution in [2.75, 3.05) is 13.1 Å². The molecule has 2 aromatic carbocycles. The number of piperidine rings is 1. The zero-order valence-electron chi connectivity index (χ0n) is 16.5. The second kappa shape index (κ2) is 7.39. The van der Waals surface area contributed by atoms with Gasteiger partial charge in [-0.05, 0) is 56.2 Å². The van der Waals surface area contributed by atoms with Crippen LogP contribution < -0.4 is 0 Å². The molecule has 2 fully saturated rings. The van der Waals surface area contributed by atoms with Gasteiger partial charge in [0.1, 0.15) is 4.75 Å². The molecule has 3 unspecified atom stereocenters. The third-order valence-corrected chi connectivity index (χ3v) is 8.62. The second-order valence-electron chi connectivity index (χ2n) is 8.46. The molecule has 2 aromatic rings. The Morgan fingerprint density at radius 2 is 1.64 bits per heavy atom. The molecule has 4 rings (SSSR count). The van der Waals surface area contributed by atoms with Gasteiger partial charge >= 0.3 is 0 Å². The summed E-state index contributed by atoms with van der Waals surface area (Å²) >= 11 is 0. The standard InChI is InChI=1S/C24H27NO2S/c1-24(2,28(26,27)22-12-7-4-8-13-22)14-9-15-25-18-20-16-21(25)17-23(20)19-10-5-3-6-11-19/h3-8,10-13,20-21,23H,15-18H2,1-2H3. The summed E-state index contributed by atoms with van der Waals surface area (Å²) in [6.45, 7) is 5.11. The van der Waals surface area contributed by atoms with E-state index in [9.17, 15) is 8.42 Å². The van der Waals surface area contributed by atoms with Crippen LogP contribution in [0.1, 0.15) is 38.2 Å². The number of likely N-dealkylation sites (tertiary alicyclic amines) is 1. The van der Waals surface area contributed by atoms with Gasteiger partial charge in [0.2, 0.25) is 0 Å². The van der Waals surface area contributed by atoms with Crippen LogP contribution in [0, 0.1) is 17.8 Å². The minimum absolute atomic E-state index is 0.334. The number of rotatable bonds is 4. The Bertz CT molecular complexity index is 987.